The Balaban J connectivity index is 0.977. The van der Waals surface area contributed by atoms with Gasteiger partial charge in [-0.1, -0.05) is 55.3 Å². The maximum atomic E-state index is 9.79. The van der Waals surface area contributed by atoms with Crippen LogP contribution >= 0.6 is 0 Å². The number of nitrogens with zero attached hydrogens (tertiary/aromatic N) is 1. The van der Waals surface area contributed by atoms with E-state index in [4.69, 9.17) is 9.47 Å². The van der Waals surface area contributed by atoms with Crippen LogP contribution in [0.4, 0.5) is 5.69 Å². The Bertz CT molecular complexity index is 1290. The smallest absolute Gasteiger partial charge is 0.268 e. The molecule has 6 rings (SSSR count). The second kappa shape index (κ2) is 12.8. The van der Waals surface area contributed by atoms with E-state index in [9.17, 15) is 5.11 Å². The normalized spacial score (nSPS) is 21.1. The summed E-state index contributed by atoms with van der Waals surface area (Å²) in [6.07, 6.45) is 11.8. The van der Waals surface area contributed by atoms with Crippen molar-refractivity contribution in [1.82, 2.24) is 4.90 Å². The van der Waals surface area contributed by atoms with Gasteiger partial charge in [-0.25, -0.2) is 0 Å². The highest BCUT2D eigenvalue weighted by atomic mass is 16.7. The molecular formula is C35H42N2O3. The molecule has 5 nitrogen and oxygen atoms in total. The number of phenols is 1. The molecule has 2 heterocycles. The van der Waals surface area contributed by atoms with E-state index in [1.54, 1.807) is 6.07 Å². The van der Waals surface area contributed by atoms with Gasteiger partial charge >= 0.3 is 0 Å². The number of anilines is 1. The molecule has 5 heteroatoms. The number of allylic oxidation sites excluding steroid dienone is 1. The van der Waals surface area contributed by atoms with Crippen molar-refractivity contribution in [2.75, 3.05) is 25.0 Å². The standard InChI is InChI=1S/C35H42N2O3/c38-31-18-17-28-22-30(16-15-29(28)23-31)34-25-39-35(40-34)32-9-3-4-10-33(32)36-19-7-8-26-11-13-27(14-12-26)24-37-20-5-1-2-6-21-37/h3-4,9-14,17-18,23,25,30,35-36,38H,1-2,5-8,15-16,19-22,24H2. The van der Waals surface area contributed by atoms with E-state index in [1.165, 1.54) is 61.0 Å². The van der Waals surface area contributed by atoms with Gasteiger partial charge in [-0.2, -0.15) is 0 Å². The van der Waals surface area contributed by atoms with E-state index < -0.39 is 6.29 Å². The van der Waals surface area contributed by atoms with E-state index >= 15 is 0 Å². The summed E-state index contributed by atoms with van der Waals surface area (Å²) in [5.74, 6) is 1.58. The lowest BCUT2D eigenvalue weighted by Gasteiger charge is -2.25. The summed E-state index contributed by atoms with van der Waals surface area (Å²) in [6, 6.07) is 23.3. The first-order valence-electron chi connectivity index (χ1n) is 15.2. The van der Waals surface area contributed by atoms with Gasteiger partial charge in [-0.3, -0.25) is 4.90 Å². The van der Waals surface area contributed by atoms with Crippen molar-refractivity contribution in [1.29, 1.82) is 0 Å². The van der Waals surface area contributed by atoms with Gasteiger partial charge in [0.25, 0.3) is 6.29 Å². The summed E-state index contributed by atoms with van der Waals surface area (Å²) in [5, 5.41) is 13.4. The monoisotopic (exact) mass is 538 g/mol. The molecule has 3 aliphatic rings. The lowest BCUT2D eigenvalue weighted by atomic mass is 9.83. The van der Waals surface area contributed by atoms with Gasteiger partial charge < -0.3 is 19.9 Å². The SMILES string of the molecule is Oc1ccc2c(c1)CCC(C1=COC(c3ccccc3NCCCc3ccc(CN4CCCCCC4)cc3)O1)C2. The third-order valence-corrected chi connectivity index (χ3v) is 8.67. The Morgan fingerprint density at radius 2 is 1.68 bits per heavy atom. The summed E-state index contributed by atoms with van der Waals surface area (Å²) in [5.41, 5.74) is 7.46. The molecule has 2 N–H and O–H groups in total. The van der Waals surface area contributed by atoms with Crippen LogP contribution in [-0.4, -0.2) is 29.6 Å². The van der Waals surface area contributed by atoms with Crippen molar-refractivity contribution in [3.63, 3.8) is 0 Å². The van der Waals surface area contributed by atoms with Crippen LogP contribution in [0.15, 0.2) is 78.8 Å². The third-order valence-electron chi connectivity index (χ3n) is 8.67. The number of rotatable bonds is 9. The van der Waals surface area contributed by atoms with Gasteiger partial charge in [0.15, 0.2) is 0 Å². The number of hydrogen-bond donors (Lipinski definition) is 2. The average molecular weight is 539 g/mol. The van der Waals surface area contributed by atoms with Crippen LogP contribution in [-0.2, 0) is 35.3 Å². The molecule has 0 radical (unpaired) electrons. The van der Waals surface area contributed by atoms with Crippen LogP contribution < -0.4 is 5.32 Å². The summed E-state index contributed by atoms with van der Waals surface area (Å²) in [6.45, 7) is 4.46. The fourth-order valence-electron chi connectivity index (χ4n) is 6.36. The largest absolute Gasteiger partial charge is 0.508 e. The minimum absolute atomic E-state index is 0.304. The van der Waals surface area contributed by atoms with Crippen molar-refractivity contribution in [2.45, 2.75) is 70.6 Å². The Morgan fingerprint density at radius 3 is 2.52 bits per heavy atom. The van der Waals surface area contributed by atoms with Crippen molar-refractivity contribution in [3.05, 3.63) is 107 Å². The highest BCUT2D eigenvalue weighted by Gasteiger charge is 2.31. The van der Waals surface area contributed by atoms with Crippen LogP contribution in [0, 0.1) is 5.92 Å². The number of likely N-dealkylation sites (tertiary alicyclic amines) is 1. The zero-order valence-corrected chi connectivity index (χ0v) is 23.5. The number of aromatic hydroxyl groups is 1. The van der Waals surface area contributed by atoms with Gasteiger partial charge in [0.05, 0.1) is 5.56 Å². The van der Waals surface area contributed by atoms with E-state index in [2.05, 4.69) is 52.7 Å². The van der Waals surface area contributed by atoms with E-state index in [0.717, 1.165) is 62.2 Å². The summed E-state index contributed by atoms with van der Waals surface area (Å²) in [7, 11) is 0. The predicted molar refractivity (Wildman–Crippen MR) is 160 cm³/mol. The number of fused-ring (bicyclic) bond motifs is 1. The van der Waals surface area contributed by atoms with Gasteiger partial charge in [0, 0.05) is 24.7 Å². The van der Waals surface area contributed by atoms with Gasteiger partial charge in [-0.05, 0) is 105 Å². The average Bonchev–Trinajstić information content (AvgIpc) is 3.34. The molecule has 1 saturated heterocycles. The van der Waals surface area contributed by atoms with Crippen molar-refractivity contribution < 1.29 is 14.6 Å². The van der Waals surface area contributed by atoms with Crippen molar-refractivity contribution in [3.8, 4) is 5.75 Å². The Labute approximate surface area is 238 Å². The second-order valence-electron chi connectivity index (χ2n) is 11.6. The predicted octanol–water partition coefficient (Wildman–Crippen LogP) is 7.50. The van der Waals surface area contributed by atoms with Crippen molar-refractivity contribution in [2.24, 2.45) is 5.92 Å². The first-order valence-corrected chi connectivity index (χ1v) is 15.2. The Hall–Kier alpha value is -3.44. The molecule has 2 atom stereocenters. The number of benzene rings is 3. The van der Waals surface area contributed by atoms with Gasteiger partial charge in [-0.15, -0.1) is 0 Å². The van der Waals surface area contributed by atoms with E-state index in [0.29, 0.717) is 11.7 Å². The molecule has 0 spiro atoms. The Kier molecular flexibility index (Phi) is 8.58. The fraction of sp³-hybridized carbons (Fsp3) is 0.429. The molecule has 0 aromatic heterocycles. The maximum absolute atomic E-state index is 9.79. The molecule has 3 aromatic rings. The molecule has 1 aliphatic carbocycles. The number of hydrogen-bond acceptors (Lipinski definition) is 5. The topological polar surface area (TPSA) is 54.0 Å². The summed E-state index contributed by atoms with van der Waals surface area (Å²) in [4.78, 5) is 2.61. The molecule has 210 valence electrons. The van der Waals surface area contributed by atoms with Crippen LogP contribution in [0.5, 0.6) is 5.75 Å². The summed E-state index contributed by atoms with van der Waals surface area (Å²) < 4.78 is 12.4. The molecule has 1 fully saturated rings. The zero-order valence-electron chi connectivity index (χ0n) is 23.5. The lowest BCUT2D eigenvalue weighted by Crippen LogP contribution is -2.23. The number of nitrogens with one attached hydrogen (secondary N) is 1. The molecule has 0 bridgehead atoms. The Morgan fingerprint density at radius 1 is 0.875 bits per heavy atom. The maximum Gasteiger partial charge on any atom is 0.268 e. The number of aryl methyl sites for hydroxylation is 2. The van der Waals surface area contributed by atoms with Crippen LogP contribution in [0.3, 0.4) is 0 Å². The minimum atomic E-state index is -0.420. The molecule has 0 saturated carbocycles. The van der Waals surface area contributed by atoms with Gasteiger partial charge in [0.1, 0.15) is 17.8 Å². The van der Waals surface area contributed by atoms with E-state index in [-0.39, 0.29) is 0 Å². The number of ether oxygens (including phenoxy) is 2. The molecule has 40 heavy (non-hydrogen) atoms. The molecule has 0 amide bonds. The van der Waals surface area contributed by atoms with Gasteiger partial charge in [0.2, 0.25) is 0 Å². The zero-order chi connectivity index (χ0) is 27.1. The minimum Gasteiger partial charge on any atom is -0.508 e. The summed E-state index contributed by atoms with van der Waals surface area (Å²) >= 11 is 0. The lowest BCUT2D eigenvalue weighted by molar-refractivity contribution is -0.0401. The highest BCUT2D eigenvalue weighted by molar-refractivity contribution is 5.52. The highest BCUT2D eigenvalue weighted by Crippen LogP contribution is 2.40. The van der Waals surface area contributed by atoms with Crippen molar-refractivity contribution >= 4 is 5.69 Å². The van der Waals surface area contributed by atoms with Crippen LogP contribution in [0.1, 0.15) is 72.6 Å². The molecule has 2 unspecified atom stereocenters. The van der Waals surface area contributed by atoms with E-state index in [1.807, 2.05) is 24.5 Å². The van der Waals surface area contributed by atoms with Crippen LogP contribution in [0.2, 0.25) is 0 Å². The molecule has 2 aliphatic heterocycles. The van der Waals surface area contributed by atoms with Crippen LogP contribution in [0.25, 0.3) is 0 Å². The number of phenolic OH excluding ortho intramolecular Hbond substituents is 1. The molecular weight excluding hydrogens is 496 g/mol. The second-order valence-corrected chi connectivity index (χ2v) is 11.6. The number of para-hydroxylation sites is 1. The quantitative estimate of drug-likeness (QED) is 0.276. The molecule has 3 aromatic carbocycles. The first kappa shape index (κ1) is 26.8. The fourth-order valence-corrected chi connectivity index (χ4v) is 6.36. The third kappa shape index (κ3) is 6.64. The first-order chi connectivity index (χ1) is 19.7.